The number of para-hydroxylation sites is 4. The van der Waals surface area contributed by atoms with Gasteiger partial charge in [0.2, 0.25) is 0 Å². The van der Waals surface area contributed by atoms with Crippen molar-refractivity contribution in [1.82, 2.24) is 9.38 Å². The van der Waals surface area contributed by atoms with Crippen LogP contribution < -0.4 is 9.80 Å². The monoisotopic (exact) mass is 802 g/mol. The summed E-state index contributed by atoms with van der Waals surface area (Å²) in [6, 6.07) is 43.6. The Morgan fingerprint density at radius 1 is 0.708 bits per heavy atom. The van der Waals surface area contributed by atoms with Crippen molar-refractivity contribution in [2.24, 2.45) is 0 Å². The fraction of sp³-hybridized carbons (Fsp3) is 0.163. The number of unbranched alkanes of at least 4 members (excludes halogenated alkanes) is 1. The van der Waals surface area contributed by atoms with E-state index < -0.39 is 0 Å². The largest absolute Gasteiger partial charge is 3.00 e. The summed E-state index contributed by atoms with van der Waals surface area (Å²) >= 11 is 0. The molecule has 0 atom stereocenters. The number of benzene rings is 5. The van der Waals surface area contributed by atoms with Gasteiger partial charge in [0.25, 0.3) is 0 Å². The van der Waals surface area contributed by atoms with Crippen molar-refractivity contribution in [3.05, 3.63) is 145 Å². The Kier molecular flexibility index (Phi) is 8.68. The molecule has 0 saturated heterocycles. The minimum atomic E-state index is 0. The number of hydrogen-bond acceptors (Lipinski definition) is 3. The Hall–Kier alpha value is -4.70. The Balaban J connectivity index is 0.000000193. The van der Waals surface area contributed by atoms with Crippen LogP contribution in [-0.2, 0) is 20.1 Å². The van der Waals surface area contributed by atoms with Gasteiger partial charge in [-0.25, -0.2) is 0 Å². The molecule has 0 N–H and O–H groups in total. The fourth-order valence-electron chi connectivity index (χ4n) is 6.80. The van der Waals surface area contributed by atoms with E-state index in [0.29, 0.717) is 0 Å². The van der Waals surface area contributed by atoms with Gasteiger partial charge in [0.15, 0.2) is 0 Å². The van der Waals surface area contributed by atoms with Crippen LogP contribution in [0.2, 0.25) is 0 Å². The first-order chi connectivity index (χ1) is 23.0. The first kappa shape index (κ1) is 31.9. The molecule has 48 heavy (non-hydrogen) atoms. The first-order valence-corrected chi connectivity index (χ1v) is 16.5. The molecule has 1 aliphatic heterocycles. The van der Waals surface area contributed by atoms with Crippen molar-refractivity contribution in [1.29, 1.82) is 0 Å². The molecule has 0 bridgehead atoms. The van der Waals surface area contributed by atoms with Crippen molar-refractivity contribution in [2.45, 2.75) is 40.5 Å². The molecule has 0 aliphatic carbocycles. The standard InChI is InChI=1S/C29H23N3.C14H14N.Ir/c1-2-3-17-30-19-31(27-14-7-6-13-26(27)30)20-15-16-22-24-11-8-10-23-21-9-4-5-12-25(21)32(29(23)24)28(22)18-20;1-10-4-6-13(7-5-10)14-8-11(2)12(3)9-15-14;/h4-14,16,18-19H,2-3,17H2,1H3;4-6,8-9H,1-3H3;/q-2;-1;+3. The second-order valence-electron chi connectivity index (χ2n) is 12.6. The van der Waals surface area contributed by atoms with Crippen LogP contribution >= 0.6 is 0 Å². The summed E-state index contributed by atoms with van der Waals surface area (Å²) in [5.41, 5.74) is 13.2. The van der Waals surface area contributed by atoms with Gasteiger partial charge in [-0.2, -0.15) is 18.8 Å². The molecule has 5 heteroatoms. The van der Waals surface area contributed by atoms with Crippen LogP contribution in [0.3, 0.4) is 0 Å². The van der Waals surface area contributed by atoms with E-state index in [2.05, 4.69) is 163 Å². The Morgan fingerprint density at radius 2 is 1.46 bits per heavy atom. The van der Waals surface area contributed by atoms with E-state index in [1.807, 2.05) is 12.3 Å². The van der Waals surface area contributed by atoms with Gasteiger partial charge in [-0.15, -0.1) is 52.5 Å². The number of nitrogens with zero attached hydrogens (tertiary/aromatic N) is 4. The van der Waals surface area contributed by atoms with E-state index in [4.69, 9.17) is 0 Å². The number of hydrogen-bond donors (Lipinski definition) is 0. The zero-order valence-corrected chi connectivity index (χ0v) is 30.1. The Labute approximate surface area is 296 Å². The topological polar surface area (TPSA) is 23.8 Å². The minimum absolute atomic E-state index is 0. The molecule has 8 aromatic rings. The quantitative estimate of drug-likeness (QED) is 0.162. The maximum absolute atomic E-state index is 4.41. The van der Waals surface area contributed by atoms with E-state index >= 15 is 0 Å². The van der Waals surface area contributed by atoms with Gasteiger partial charge in [0, 0.05) is 33.9 Å². The van der Waals surface area contributed by atoms with E-state index in [9.17, 15) is 0 Å². The van der Waals surface area contributed by atoms with Crippen LogP contribution in [0.15, 0.2) is 109 Å². The smallest absolute Gasteiger partial charge is 0.501 e. The van der Waals surface area contributed by atoms with Gasteiger partial charge in [0.05, 0.1) is 5.52 Å². The molecule has 0 radical (unpaired) electrons. The molecule has 4 heterocycles. The van der Waals surface area contributed by atoms with Gasteiger partial charge in [-0.05, 0) is 61.7 Å². The molecule has 0 spiro atoms. The number of anilines is 3. The Morgan fingerprint density at radius 3 is 2.23 bits per heavy atom. The van der Waals surface area contributed by atoms with Crippen LogP contribution in [-0.4, -0.2) is 15.9 Å². The number of rotatable bonds is 5. The van der Waals surface area contributed by atoms with Crippen LogP contribution in [0.5, 0.6) is 0 Å². The summed E-state index contributed by atoms with van der Waals surface area (Å²) in [6.45, 7) is 11.8. The molecule has 0 saturated carbocycles. The zero-order valence-electron chi connectivity index (χ0n) is 27.7. The molecular formula is C43H37IrN4. The van der Waals surface area contributed by atoms with Crippen molar-refractivity contribution in [3.8, 4) is 11.3 Å². The third-order valence-electron chi connectivity index (χ3n) is 9.47. The Bertz CT molecular complexity index is 2370. The predicted molar refractivity (Wildman–Crippen MR) is 198 cm³/mol. The van der Waals surface area contributed by atoms with Crippen LogP contribution in [0.4, 0.5) is 17.1 Å². The number of aromatic nitrogens is 2. The average molecular weight is 802 g/mol. The van der Waals surface area contributed by atoms with E-state index in [1.54, 1.807) is 0 Å². The maximum Gasteiger partial charge on any atom is 3.00 e. The molecule has 0 amide bonds. The molecule has 3 aromatic heterocycles. The summed E-state index contributed by atoms with van der Waals surface area (Å²) in [4.78, 5) is 9.07. The molecule has 0 unspecified atom stereocenters. The molecule has 5 aromatic carbocycles. The number of fused-ring (bicyclic) bond motifs is 7. The number of pyridine rings is 1. The molecule has 1 aliphatic rings. The molecule has 9 rings (SSSR count). The minimum Gasteiger partial charge on any atom is -0.501 e. The SMILES string of the molecule is CCCCN1[CH-]N(c2[c-]cc3c4cccc5c6ccccc6n(c3c2)c54)c2ccccc21.Cc1c[c-]c(-c2cc(C)c(C)cn2)cc1.[Ir+3]. The predicted octanol–water partition coefficient (Wildman–Crippen LogP) is 11.0. The van der Waals surface area contributed by atoms with Crippen LogP contribution in [0.1, 0.15) is 36.5 Å². The second kappa shape index (κ2) is 13.1. The van der Waals surface area contributed by atoms with E-state index in [0.717, 1.165) is 23.5 Å². The van der Waals surface area contributed by atoms with Gasteiger partial charge in [0.1, 0.15) is 0 Å². The normalized spacial score (nSPS) is 12.5. The molecular weight excluding hydrogens is 765 g/mol. The third kappa shape index (κ3) is 5.41. The van der Waals surface area contributed by atoms with Crippen molar-refractivity contribution in [2.75, 3.05) is 16.3 Å². The van der Waals surface area contributed by atoms with Gasteiger partial charge >= 0.3 is 20.1 Å². The third-order valence-corrected chi connectivity index (χ3v) is 9.47. The summed E-state index contributed by atoms with van der Waals surface area (Å²) in [5, 5.41) is 5.19. The van der Waals surface area contributed by atoms with Crippen molar-refractivity contribution in [3.63, 3.8) is 0 Å². The summed E-state index contributed by atoms with van der Waals surface area (Å²) in [6.07, 6.45) is 4.28. The second-order valence-corrected chi connectivity index (χ2v) is 12.6. The average Bonchev–Trinajstić information content (AvgIpc) is 3.76. The molecule has 4 nitrogen and oxygen atoms in total. The van der Waals surface area contributed by atoms with E-state index in [1.165, 1.54) is 79.0 Å². The van der Waals surface area contributed by atoms with Crippen molar-refractivity contribution >= 4 is 55.2 Å². The van der Waals surface area contributed by atoms with Crippen molar-refractivity contribution < 1.29 is 20.1 Å². The zero-order chi connectivity index (χ0) is 32.1. The van der Waals surface area contributed by atoms with Gasteiger partial charge in [-0.1, -0.05) is 85.9 Å². The maximum atomic E-state index is 4.41. The van der Waals surface area contributed by atoms with Crippen LogP contribution in [0, 0.1) is 39.6 Å². The van der Waals surface area contributed by atoms with E-state index in [-0.39, 0.29) is 20.1 Å². The fourth-order valence-corrected chi connectivity index (χ4v) is 6.80. The van der Waals surface area contributed by atoms with Crippen LogP contribution in [0.25, 0.3) is 49.4 Å². The first-order valence-electron chi connectivity index (χ1n) is 16.5. The molecule has 238 valence electrons. The van der Waals surface area contributed by atoms with Gasteiger partial charge in [-0.3, -0.25) is 0 Å². The summed E-state index contributed by atoms with van der Waals surface area (Å²) < 4.78 is 2.43. The summed E-state index contributed by atoms with van der Waals surface area (Å²) in [5.74, 6) is 0. The van der Waals surface area contributed by atoms with Gasteiger partial charge < -0.3 is 19.2 Å². The number of aryl methyl sites for hydroxylation is 3. The summed E-state index contributed by atoms with van der Waals surface area (Å²) in [7, 11) is 0. The molecule has 0 fully saturated rings.